The summed E-state index contributed by atoms with van der Waals surface area (Å²) >= 11 is 0. The molecule has 0 aromatic heterocycles. The van der Waals surface area contributed by atoms with E-state index in [1.165, 1.54) is 0 Å². The van der Waals surface area contributed by atoms with E-state index in [1.54, 1.807) is 24.3 Å². The fourth-order valence-electron chi connectivity index (χ4n) is 3.90. The van der Waals surface area contributed by atoms with Gasteiger partial charge in [-0.25, -0.2) is 0 Å². The van der Waals surface area contributed by atoms with Crippen molar-refractivity contribution in [1.29, 1.82) is 0 Å². The summed E-state index contributed by atoms with van der Waals surface area (Å²) in [5.41, 5.74) is 1.85. The Labute approximate surface area is 174 Å². The zero-order valence-corrected chi connectivity index (χ0v) is 16.3. The lowest BCUT2D eigenvalue weighted by Crippen LogP contribution is -2.55. The van der Waals surface area contributed by atoms with Crippen molar-refractivity contribution in [3.63, 3.8) is 0 Å². The molecule has 4 rings (SSSR count). The Morgan fingerprint density at radius 3 is 2.37 bits per heavy atom. The summed E-state index contributed by atoms with van der Waals surface area (Å²) in [4.78, 5) is 12.9. The number of ether oxygens (including phenoxy) is 1. The van der Waals surface area contributed by atoms with Crippen molar-refractivity contribution in [2.45, 2.75) is 36.9 Å². The number of rotatable bonds is 5. The average Bonchev–Trinajstić information content (AvgIpc) is 2.78. The molecule has 0 spiro atoms. The normalized spacial score (nSPS) is 26.6. The van der Waals surface area contributed by atoms with Crippen LogP contribution in [0, 0.1) is 0 Å². The van der Waals surface area contributed by atoms with Crippen LogP contribution in [0.3, 0.4) is 0 Å². The molecule has 0 amide bonds. The fourth-order valence-corrected chi connectivity index (χ4v) is 3.90. The van der Waals surface area contributed by atoms with Crippen LogP contribution in [0.15, 0.2) is 66.7 Å². The lowest BCUT2D eigenvalue weighted by molar-refractivity contribution is -0.231. The van der Waals surface area contributed by atoms with Crippen LogP contribution in [-0.2, 0) is 11.2 Å². The smallest absolute Gasteiger partial charge is 0.167 e. The number of fused-ring (bicyclic) bond motifs is 1. The number of carbonyl (C=O) groups is 1. The highest BCUT2D eigenvalue weighted by Crippen LogP contribution is 2.32. The number of benzene rings is 3. The Morgan fingerprint density at radius 2 is 1.60 bits per heavy atom. The van der Waals surface area contributed by atoms with Crippen molar-refractivity contribution in [2.24, 2.45) is 0 Å². The number of Topliss-reactive ketones (excluding diaryl/α,β-unsaturated/α-hetero) is 1. The zero-order chi connectivity index (χ0) is 21.3. The van der Waals surface area contributed by atoms with Gasteiger partial charge in [-0.05, 0) is 28.0 Å². The molecule has 1 heterocycles. The van der Waals surface area contributed by atoms with Gasteiger partial charge < -0.3 is 25.2 Å². The Kier molecular flexibility index (Phi) is 5.94. The minimum atomic E-state index is -1.46. The van der Waals surface area contributed by atoms with Crippen LogP contribution >= 0.6 is 0 Å². The van der Waals surface area contributed by atoms with Crippen LogP contribution in [0.2, 0.25) is 0 Å². The van der Waals surface area contributed by atoms with Gasteiger partial charge in [0.15, 0.2) is 5.78 Å². The molecule has 0 saturated carbocycles. The van der Waals surface area contributed by atoms with E-state index < -0.39 is 37.1 Å². The predicted octanol–water partition coefficient (Wildman–Crippen LogP) is 1.78. The molecule has 6 heteroatoms. The van der Waals surface area contributed by atoms with Crippen molar-refractivity contribution >= 4 is 16.6 Å². The van der Waals surface area contributed by atoms with Crippen LogP contribution in [0.4, 0.5) is 0 Å². The Bertz CT molecular complexity index is 1050. The van der Waals surface area contributed by atoms with E-state index in [4.69, 9.17) is 4.74 Å². The first-order valence-electron chi connectivity index (χ1n) is 9.89. The van der Waals surface area contributed by atoms with Gasteiger partial charge >= 0.3 is 0 Å². The lowest BCUT2D eigenvalue weighted by Gasteiger charge is -2.40. The van der Waals surface area contributed by atoms with Crippen molar-refractivity contribution in [3.05, 3.63) is 83.4 Å². The summed E-state index contributed by atoms with van der Waals surface area (Å²) in [5, 5.41) is 41.9. The van der Waals surface area contributed by atoms with Crippen molar-refractivity contribution < 1.29 is 30.0 Å². The summed E-state index contributed by atoms with van der Waals surface area (Å²) in [6.45, 7) is -0.498. The van der Waals surface area contributed by atoms with Gasteiger partial charge in [0.05, 0.1) is 6.61 Å². The lowest BCUT2D eigenvalue weighted by atomic mass is 9.90. The maximum Gasteiger partial charge on any atom is 0.167 e. The summed E-state index contributed by atoms with van der Waals surface area (Å²) in [6, 6.07) is 20.5. The molecule has 4 N–H and O–H groups in total. The number of ketones is 1. The van der Waals surface area contributed by atoms with Crippen molar-refractivity contribution in [2.75, 3.05) is 6.61 Å². The van der Waals surface area contributed by atoms with Gasteiger partial charge in [0.1, 0.15) is 30.5 Å². The second-order valence-corrected chi connectivity index (χ2v) is 7.66. The second-order valence-electron chi connectivity index (χ2n) is 7.66. The first-order chi connectivity index (χ1) is 14.5. The standard InChI is InChI=1S/C24H24O6/c25-13-20-21(27)22(28)23(29)24(30-20)18-7-3-6-17(12-18)19(26)11-14-8-9-15-4-1-2-5-16(15)10-14/h1-10,12,20-25,27-29H,11,13H2/t20-,21-,22+,23+,24-/m1/s1. The monoisotopic (exact) mass is 408 g/mol. The third-order valence-corrected chi connectivity index (χ3v) is 5.61. The minimum Gasteiger partial charge on any atom is -0.394 e. The highest BCUT2D eigenvalue weighted by molar-refractivity contribution is 5.98. The molecular weight excluding hydrogens is 384 g/mol. The van der Waals surface area contributed by atoms with E-state index in [-0.39, 0.29) is 12.2 Å². The Morgan fingerprint density at radius 1 is 0.833 bits per heavy atom. The van der Waals surface area contributed by atoms with Crippen LogP contribution in [0.1, 0.15) is 27.6 Å². The third kappa shape index (κ3) is 4.01. The SMILES string of the molecule is O=C(Cc1ccc2ccccc2c1)c1cccc([C@H]2O[C@H](CO)[C@@H](O)[C@H](O)[C@@H]2O)c1. The first-order valence-corrected chi connectivity index (χ1v) is 9.89. The van der Waals surface area contributed by atoms with Crippen molar-refractivity contribution in [1.82, 2.24) is 0 Å². The molecule has 6 nitrogen and oxygen atoms in total. The van der Waals surface area contributed by atoms with Crippen LogP contribution in [0.5, 0.6) is 0 Å². The quantitative estimate of drug-likeness (QED) is 0.480. The number of hydrogen-bond donors (Lipinski definition) is 4. The molecule has 30 heavy (non-hydrogen) atoms. The minimum absolute atomic E-state index is 0.0864. The van der Waals surface area contributed by atoms with E-state index in [0.717, 1.165) is 16.3 Å². The van der Waals surface area contributed by atoms with Crippen LogP contribution < -0.4 is 0 Å². The van der Waals surface area contributed by atoms with Gasteiger partial charge in [-0.15, -0.1) is 0 Å². The molecule has 1 saturated heterocycles. The van der Waals surface area contributed by atoms with Gasteiger partial charge in [-0.2, -0.15) is 0 Å². The fraction of sp³-hybridized carbons (Fsp3) is 0.292. The summed E-state index contributed by atoms with van der Waals surface area (Å²) < 4.78 is 5.60. The number of aliphatic hydroxyl groups is 4. The molecule has 5 atom stereocenters. The number of hydrogen-bond acceptors (Lipinski definition) is 6. The van der Waals surface area contributed by atoms with E-state index in [9.17, 15) is 25.2 Å². The molecule has 0 unspecified atom stereocenters. The molecule has 0 radical (unpaired) electrons. The molecule has 3 aromatic rings. The topological polar surface area (TPSA) is 107 Å². The van der Waals surface area contributed by atoms with Crippen LogP contribution in [-0.4, -0.2) is 57.2 Å². The van der Waals surface area contributed by atoms with E-state index in [2.05, 4.69) is 0 Å². The number of carbonyl (C=O) groups excluding carboxylic acids is 1. The van der Waals surface area contributed by atoms with Gasteiger partial charge in [0, 0.05) is 12.0 Å². The summed E-state index contributed by atoms with van der Waals surface area (Å²) in [7, 11) is 0. The van der Waals surface area contributed by atoms with E-state index in [0.29, 0.717) is 11.1 Å². The molecule has 156 valence electrons. The summed E-state index contributed by atoms with van der Waals surface area (Å²) in [6.07, 6.45) is -5.99. The van der Waals surface area contributed by atoms with Crippen LogP contribution in [0.25, 0.3) is 10.8 Å². The first kappa shape index (κ1) is 20.7. The predicted molar refractivity (Wildman–Crippen MR) is 111 cm³/mol. The summed E-state index contributed by atoms with van der Waals surface area (Å²) in [5.74, 6) is -0.0864. The Balaban J connectivity index is 1.55. The third-order valence-electron chi connectivity index (χ3n) is 5.61. The molecule has 3 aromatic carbocycles. The molecule has 0 aliphatic carbocycles. The van der Waals surface area contributed by atoms with E-state index in [1.807, 2.05) is 42.5 Å². The van der Waals surface area contributed by atoms with Gasteiger partial charge in [-0.3, -0.25) is 4.79 Å². The second kappa shape index (κ2) is 8.63. The molecular formula is C24H24O6. The average molecular weight is 408 g/mol. The zero-order valence-electron chi connectivity index (χ0n) is 16.3. The Hall–Kier alpha value is -2.61. The molecule has 1 fully saturated rings. The molecule has 1 aliphatic rings. The van der Waals surface area contributed by atoms with E-state index >= 15 is 0 Å². The molecule has 0 bridgehead atoms. The maximum absolute atomic E-state index is 12.9. The van der Waals surface area contributed by atoms with Gasteiger partial charge in [0.2, 0.25) is 0 Å². The van der Waals surface area contributed by atoms with Gasteiger partial charge in [0.25, 0.3) is 0 Å². The highest BCUT2D eigenvalue weighted by Gasteiger charge is 2.43. The van der Waals surface area contributed by atoms with Gasteiger partial charge in [-0.1, -0.05) is 60.7 Å². The van der Waals surface area contributed by atoms with Crippen molar-refractivity contribution in [3.8, 4) is 0 Å². The molecule has 1 aliphatic heterocycles. The highest BCUT2D eigenvalue weighted by atomic mass is 16.5. The number of aliphatic hydroxyl groups excluding tert-OH is 4. The largest absolute Gasteiger partial charge is 0.394 e. The maximum atomic E-state index is 12.9.